The van der Waals surface area contributed by atoms with E-state index < -0.39 is 0 Å². The van der Waals surface area contributed by atoms with Crippen LogP contribution in [0.4, 0.5) is 5.00 Å². The van der Waals surface area contributed by atoms with Gasteiger partial charge in [-0.3, -0.25) is 9.59 Å². The monoisotopic (exact) mass is 454 g/mol. The zero-order chi connectivity index (χ0) is 22.4. The first-order valence-electron chi connectivity index (χ1n) is 10.6. The van der Waals surface area contributed by atoms with E-state index in [2.05, 4.69) is 22.8 Å². The highest BCUT2D eigenvalue weighted by Gasteiger charge is 2.35. The minimum atomic E-state index is -0.347. The number of hydrogen-bond donors (Lipinski definition) is 2. The van der Waals surface area contributed by atoms with Gasteiger partial charge in [-0.25, -0.2) is 0 Å². The molecular weight excluding hydrogens is 428 g/mol. The molecule has 3 aromatic rings. The molecular formula is C24H26N2O5S. The van der Waals surface area contributed by atoms with Gasteiger partial charge in [-0.15, -0.1) is 11.3 Å². The maximum atomic E-state index is 12.8. The Balaban J connectivity index is 1.41. The number of thiophene rings is 1. The Kier molecular flexibility index (Phi) is 6.92. The second-order valence-corrected chi connectivity index (χ2v) is 8.71. The first-order valence-corrected chi connectivity index (χ1v) is 11.5. The maximum Gasteiger partial charge on any atom is 0.291 e. The lowest BCUT2D eigenvalue weighted by Crippen LogP contribution is -2.44. The van der Waals surface area contributed by atoms with Gasteiger partial charge in [0, 0.05) is 25.2 Å². The maximum absolute atomic E-state index is 12.8. The van der Waals surface area contributed by atoms with Gasteiger partial charge in [-0.05, 0) is 61.7 Å². The Bertz CT molecular complexity index is 1040. The Hall–Kier alpha value is -3.10. The smallest absolute Gasteiger partial charge is 0.291 e. The Morgan fingerprint density at radius 1 is 1.06 bits per heavy atom. The van der Waals surface area contributed by atoms with Crippen molar-refractivity contribution in [1.82, 2.24) is 5.32 Å². The molecule has 3 heterocycles. The summed E-state index contributed by atoms with van der Waals surface area (Å²) in [6.45, 7) is 4.41. The standard InChI is InChI=1S/C24H26N2O5S/c1-2-30-18-7-5-17(6-8-18)24(11-14-29-15-12-24)16-25-23(28)20-9-10-21(32-20)26-22(27)19-4-3-13-31-19/h3-10,13H,2,11-12,14-16H2,1H3,(H,25,28)(H,26,27). The van der Waals surface area contributed by atoms with Crippen molar-refractivity contribution in [3.8, 4) is 5.75 Å². The number of amides is 2. The normalized spacial score (nSPS) is 15.2. The molecule has 1 saturated heterocycles. The van der Waals surface area contributed by atoms with Crippen molar-refractivity contribution < 1.29 is 23.5 Å². The van der Waals surface area contributed by atoms with Gasteiger partial charge in [0.25, 0.3) is 11.8 Å². The molecule has 1 aromatic carbocycles. The molecule has 1 aliphatic heterocycles. The van der Waals surface area contributed by atoms with Crippen LogP contribution >= 0.6 is 11.3 Å². The van der Waals surface area contributed by atoms with Crippen molar-refractivity contribution >= 4 is 28.2 Å². The molecule has 4 rings (SSSR count). The molecule has 2 amide bonds. The van der Waals surface area contributed by atoms with E-state index in [1.807, 2.05) is 19.1 Å². The van der Waals surface area contributed by atoms with Crippen LogP contribution in [0.1, 0.15) is 45.6 Å². The van der Waals surface area contributed by atoms with Crippen LogP contribution in [0.3, 0.4) is 0 Å². The summed E-state index contributed by atoms with van der Waals surface area (Å²) in [7, 11) is 0. The lowest BCUT2D eigenvalue weighted by molar-refractivity contribution is 0.0487. The first kappa shape index (κ1) is 22.1. The number of hydrogen-bond acceptors (Lipinski definition) is 6. The SMILES string of the molecule is CCOc1ccc(C2(CNC(=O)c3ccc(NC(=O)c4ccco4)s3)CCOCC2)cc1. The number of furan rings is 1. The minimum absolute atomic E-state index is 0.162. The molecule has 0 aliphatic carbocycles. The second kappa shape index (κ2) is 10.0. The molecule has 1 fully saturated rings. The molecule has 8 heteroatoms. The van der Waals surface area contributed by atoms with Gasteiger partial charge in [-0.1, -0.05) is 12.1 Å². The predicted molar refractivity (Wildman–Crippen MR) is 123 cm³/mol. The Morgan fingerprint density at radius 2 is 1.84 bits per heavy atom. The van der Waals surface area contributed by atoms with Crippen LogP contribution in [-0.4, -0.2) is 38.2 Å². The molecule has 0 unspecified atom stereocenters. The molecule has 0 saturated carbocycles. The summed E-state index contributed by atoms with van der Waals surface area (Å²) in [4.78, 5) is 25.5. The summed E-state index contributed by atoms with van der Waals surface area (Å²) >= 11 is 1.23. The molecule has 0 radical (unpaired) electrons. The summed E-state index contributed by atoms with van der Waals surface area (Å²) in [6, 6.07) is 14.8. The third-order valence-electron chi connectivity index (χ3n) is 5.63. The highest BCUT2D eigenvalue weighted by atomic mass is 32.1. The average molecular weight is 455 g/mol. The van der Waals surface area contributed by atoms with Crippen LogP contribution in [-0.2, 0) is 10.2 Å². The van der Waals surface area contributed by atoms with E-state index in [4.69, 9.17) is 13.9 Å². The van der Waals surface area contributed by atoms with E-state index in [1.165, 1.54) is 23.2 Å². The van der Waals surface area contributed by atoms with Crippen molar-refractivity contribution in [3.05, 3.63) is 71.0 Å². The molecule has 0 atom stereocenters. The molecule has 0 bridgehead atoms. The predicted octanol–water partition coefficient (Wildman–Crippen LogP) is 4.47. The van der Waals surface area contributed by atoms with Gasteiger partial charge < -0.3 is 24.5 Å². The van der Waals surface area contributed by atoms with Gasteiger partial charge in [0.1, 0.15) is 5.75 Å². The van der Waals surface area contributed by atoms with E-state index in [1.54, 1.807) is 24.3 Å². The highest BCUT2D eigenvalue weighted by molar-refractivity contribution is 7.18. The molecule has 32 heavy (non-hydrogen) atoms. The van der Waals surface area contributed by atoms with E-state index in [-0.39, 0.29) is 23.0 Å². The summed E-state index contributed by atoms with van der Waals surface area (Å²) < 4.78 is 16.2. The van der Waals surface area contributed by atoms with Gasteiger partial charge in [0.15, 0.2) is 5.76 Å². The van der Waals surface area contributed by atoms with E-state index in [0.717, 1.165) is 18.6 Å². The quantitative estimate of drug-likeness (QED) is 0.524. The van der Waals surface area contributed by atoms with Crippen LogP contribution in [0.2, 0.25) is 0 Å². The number of carbonyl (C=O) groups excluding carboxylic acids is 2. The lowest BCUT2D eigenvalue weighted by atomic mass is 9.74. The van der Waals surface area contributed by atoms with Gasteiger partial charge >= 0.3 is 0 Å². The number of carbonyl (C=O) groups is 2. The summed E-state index contributed by atoms with van der Waals surface area (Å²) in [6.07, 6.45) is 3.10. The van der Waals surface area contributed by atoms with Crippen molar-refractivity contribution in [2.24, 2.45) is 0 Å². The van der Waals surface area contributed by atoms with Gasteiger partial charge in [0.05, 0.1) is 22.7 Å². The number of anilines is 1. The van der Waals surface area contributed by atoms with Crippen LogP contribution in [0, 0.1) is 0 Å². The van der Waals surface area contributed by atoms with E-state index in [9.17, 15) is 9.59 Å². The largest absolute Gasteiger partial charge is 0.494 e. The van der Waals surface area contributed by atoms with E-state index in [0.29, 0.717) is 36.2 Å². The molecule has 0 spiro atoms. The number of nitrogens with one attached hydrogen (secondary N) is 2. The van der Waals surface area contributed by atoms with Crippen molar-refractivity contribution in [3.63, 3.8) is 0 Å². The van der Waals surface area contributed by atoms with Gasteiger partial charge in [0.2, 0.25) is 0 Å². The highest BCUT2D eigenvalue weighted by Crippen LogP contribution is 2.35. The molecule has 2 N–H and O–H groups in total. The molecule has 7 nitrogen and oxygen atoms in total. The van der Waals surface area contributed by atoms with Crippen LogP contribution < -0.4 is 15.4 Å². The Morgan fingerprint density at radius 3 is 2.53 bits per heavy atom. The fraction of sp³-hybridized carbons (Fsp3) is 0.333. The molecule has 1 aliphatic rings. The third-order valence-corrected chi connectivity index (χ3v) is 6.63. The number of benzene rings is 1. The summed E-state index contributed by atoms with van der Waals surface area (Å²) in [5, 5.41) is 6.43. The summed E-state index contributed by atoms with van der Waals surface area (Å²) in [5.74, 6) is 0.553. The molecule has 2 aromatic heterocycles. The van der Waals surface area contributed by atoms with E-state index >= 15 is 0 Å². The minimum Gasteiger partial charge on any atom is -0.494 e. The second-order valence-electron chi connectivity index (χ2n) is 7.63. The van der Waals surface area contributed by atoms with Crippen LogP contribution in [0.5, 0.6) is 5.75 Å². The Labute approximate surface area is 190 Å². The van der Waals surface area contributed by atoms with Crippen molar-refractivity contribution in [2.45, 2.75) is 25.2 Å². The average Bonchev–Trinajstić information content (AvgIpc) is 3.51. The number of ether oxygens (including phenoxy) is 2. The summed E-state index contributed by atoms with van der Waals surface area (Å²) in [5.41, 5.74) is 0.980. The van der Waals surface area contributed by atoms with Crippen molar-refractivity contribution in [2.75, 3.05) is 31.7 Å². The third kappa shape index (κ3) is 5.03. The molecule has 168 valence electrons. The number of rotatable bonds is 8. The van der Waals surface area contributed by atoms with Crippen LogP contribution in [0.25, 0.3) is 0 Å². The zero-order valence-electron chi connectivity index (χ0n) is 17.9. The zero-order valence-corrected chi connectivity index (χ0v) is 18.7. The fourth-order valence-electron chi connectivity index (χ4n) is 3.85. The van der Waals surface area contributed by atoms with Gasteiger partial charge in [-0.2, -0.15) is 0 Å². The van der Waals surface area contributed by atoms with Crippen molar-refractivity contribution in [1.29, 1.82) is 0 Å². The lowest BCUT2D eigenvalue weighted by Gasteiger charge is -2.38. The fourth-order valence-corrected chi connectivity index (χ4v) is 4.66. The first-order chi connectivity index (χ1) is 15.6. The van der Waals surface area contributed by atoms with Crippen LogP contribution in [0.15, 0.2) is 59.2 Å². The topological polar surface area (TPSA) is 89.8 Å².